The second kappa shape index (κ2) is 7.03. The lowest BCUT2D eigenvalue weighted by molar-refractivity contribution is -0.118. The number of benzene rings is 2. The second-order valence-corrected chi connectivity index (χ2v) is 5.24. The van der Waals surface area contributed by atoms with Gasteiger partial charge in [-0.25, -0.2) is 0 Å². The van der Waals surface area contributed by atoms with Gasteiger partial charge in [-0.2, -0.15) is 0 Å². The van der Waals surface area contributed by atoms with Crippen LogP contribution in [0, 0.1) is 0 Å². The zero-order valence-corrected chi connectivity index (χ0v) is 12.6. The van der Waals surface area contributed by atoms with Crippen LogP contribution in [0.15, 0.2) is 72.1 Å². The molecule has 1 heterocycles. The lowest BCUT2D eigenvalue weighted by Crippen LogP contribution is -2.22. The molecule has 0 bridgehead atoms. The molecule has 0 spiro atoms. The summed E-state index contributed by atoms with van der Waals surface area (Å²) in [5.41, 5.74) is 1.90. The summed E-state index contributed by atoms with van der Waals surface area (Å²) in [4.78, 5) is 16.4. The van der Waals surface area contributed by atoms with Gasteiger partial charge >= 0.3 is 5.70 Å². The predicted molar refractivity (Wildman–Crippen MR) is 87.5 cm³/mol. The summed E-state index contributed by atoms with van der Waals surface area (Å²) in [6.45, 7) is 0.266. The van der Waals surface area contributed by atoms with Crippen LogP contribution < -0.4 is 4.99 Å². The first kappa shape index (κ1) is 15.2. The average Bonchev–Trinajstić information content (AvgIpc) is 2.61. The van der Waals surface area contributed by atoms with Gasteiger partial charge in [0.2, 0.25) is 17.8 Å². The number of Topliss-reactive ketones (excluding diaryl/α,β-unsaturated/α-hetero) is 1. The number of nitrogens with zero attached hydrogens (tertiary/aromatic N) is 1. The van der Waals surface area contributed by atoms with Crippen LogP contribution in [0.5, 0.6) is 0 Å². The number of aliphatic imine (C=N–C) groups is 1. The van der Waals surface area contributed by atoms with Gasteiger partial charge in [0.25, 0.3) is 0 Å². The minimum absolute atomic E-state index is 0.146. The molecular formula is C19H17NO3+. The quantitative estimate of drug-likeness (QED) is 0.923. The number of hydrogen-bond donors (Lipinski definition) is 1. The molecule has 1 radical (unpaired) electrons. The van der Waals surface area contributed by atoms with E-state index in [9.17, 15) is 9.90 Å². The van der Waals surface area contributed by atoms with Crippen LogP contribution in [-0.4, -0.2) is 17.1 Å². The Hall–Kier alpha value is -2.72. The van der Waals surface area contributed by atoms with Crippen molar-refractivity contribution in [3.63, 3.8) is 0 Å². The minimum Gasteiger partial charge on any atom is -0.480 e. The molecule has 3 rings (SSSR count). The first-order chi connectivity index (χ1) is 11.3. The molecule has 1 N–H and O–H groups in total. The fraction of sp³-hybridized carbons (Fsp3) is 0.158. The molecular weight excluding hydrogens is 290 g/mol. The molecule has 0 saturated heterocycles. The molecule has 1 unspecified atom stereocenters. The van der Waals surface area contributed by atoms with Crippen molar-refractivity contribution < 1.29 is 14.6 Å². The number of ketones is 1. The Morgan fingerprint density at radius 2 is 1.70 bits per heavy atom. The van der Waals surface area contributed by atoms with E-state index < -0.39 is 6.10 Å². The molecule has 0 aromatic heterocycles. The van der Waals surface area contributed by atoms with E-state index in [-0.39, 0.29) is 30.3 Å². The SMILES string of the molecule is O=C1CC=[N+]C(C(O)c2ccccc2)=C1OCc1ccccc1. The van der Waals surface area contributed by atoms with Gasteiger partial charge in [-0.05, 0) is 11.1 Å². The Kier molecular flexibility index (Phi) is 4.64. The Balaban J connectivity index is 1.86. The van der Waals surface area contributed by atoms with Crippen molar-refractivity contribution in [1.82, 2.24) is 4.99 Å². The third-order valence-electron chi connectivity index (χ3n) is 3.59. The summed E-state index contributed by atoms with van der Waals surface area (Å²) < 4.78 is 5.69. The minimum atomic E-state index is -0.984. The maximum atomic E-state index is 12.2. The highest BCUT2D eigenvalue weighted by molar-refractivity contribution is 6.04. The molecule has 0 aliphatic carbocycles. The number of ether oxygens (including phenoxy) is 1. The van der Waals surface area contributed by atoms with E-state index in [0.29, 0.717) is 5.56 Å². The average molecular weight is 307 g/mol. The molecule has 1 atom stereocenters. The zero-order chi connectivity index (χ0) is 16.1. The molecule has 2 aromatic rings. The Labute approximate surface area is 134 Å². The first-order valence-corrected chi connectivity index (χ1v) is 7.45. The standard InChI is InChI=1S/C19H17NO3/c21-16-11-12-20-17(18(22)15-9-5-2-6-10-15)19(16)23-13-14-7-3-1-4-8-14/h1-10,12,18,22H,11,13H2/q+1. The number of allylic oxidation sites excluding steroid dienone is 1. The van der Waals surface area contributed by atoms with Gasteiger partial charge in [0, 0.05) is 0 Å². The van der Waals surface area contributed by atoms with Crippen molar-refractivity contribution >= 4 is 12.0 Å². The van der Waals surface area contributed by atoms with Crippen molar-refractivity contribution in [2.45, 2.75) is 19.1 Å². The number of carbonyl (C=O) groups excluding carboxylic acids is 1. The molecule has 0 saturated carbocycles. The van der Waals surface area contributed by atoms with E-state index >= 15 is 0 Å². The predicted octanol–water partition coefficient (Wildman–Crippen LogP) is 2.53. The molecule has 1 aliphatic heterocycles. The number of rotatable bonds is 5. The molecule has 115 valence electrons. The lowest BCUT2D eigenvalue weighted by Gasteiger charge is -2.13. The number of aliphatic hydroxyl groups is 1. The van der Waals surface area contributed by atoms with Crippen molar-refractivity contribution in [1.29, 1.82) is 0 Å². The highest BCUT2D eigenvalue weighted by atomic mass is 16.5. The van der Waals surface area contributed by atoms with Gasteiger partial charge in [-0.1, -0.05) is 60.7 Å². The van der Waals surface area contributed by atoms with E-state index in [4.69, 9.17) is 4.74 Å². The monoisotopic (exact) mass is 307 g/mol. The molecule has 4 nitrogen and oxygen atoms in total. The highest BCUT2D eigenvalue weighted by Gasteiger charge is 2.35. The topological polar surface area (TPSA) is 60.6 Å². The van der Waals surface area contributed by atoms with Gasteiger partial charge < -0.3 is 9.84 Å². The third-order valence-corrected chi connectivity index (χ3v) is 3.59. The van der Waals surface area contributed by atoms with Crippen LogP contribution in [0.1, 0.15) is 23.7 Å². The lowest BCUT2D eigenvalue weighted by atomic mass is 10.0. The maximum Gasteiger partial charge on any atom is 0.331 e. The van der Waals surface area contributed by atoms with Gasteiger partial charge in [0.05, 0.1) is 11.4 Å². The summed E-state index contributed by atoms with van der Waals surface area (Å²) in [5.74, 6) is -0.0198. The van der Waals surface area contributed by atoms with Gasteiger partial charge in [-0.3, -0.25) is 4.79 Å². The molecule has 0 amide bonds. The normalized spacial score (nSPS) is 15.6. The third kappa shape index (κ3) is 3.55. The van der Waals surface area contributed by atoms with Crippen LogP contribution >= 0.6 is 0 Å². The fourth-order valence-electron chi connectivity index (χ4n) is 2.39. The molecule has 0 fully saturated rings. The fourth-order valence-corrected chi connectivity index (χ4v) is 2.39. The summed E-state index contributed by atoms with van der Waals surface area (Å²) in [6.07, 6.45) is 0.719. The highest BCUT2D eigenvalue weighted by Crippen LogP contribution is 2.25. The van der Waals surface area contributed by atoms with Gasteiger partial charge in [0.1, 0.15) is 6.61 Å². The molecule has 1 aliphatic rings. The van der Waals surface area contributed by atoms with Gasteiger partial charge in [-0.15, -0.1) is 0 Å². The summed E-state index contributed by atoms with van der Waals surface area (Å²) in [7, 11) is 0. The van der Waals surface area contributed by atoms with Crippen molar-refractivity contribution in [2.75, 3.05) is 0 Å². The Bertz CT molecular complexity index is 736. The van der Waals surface area contributed by atoms with E-state index in [1.807, 2.05) is 48.5 Å². The van der Waals surface area contributed by atoms with Gasteiger partial charge in [0.15, 0.2) is 6.10 Å². The van der Waals surface area contributed by atoms with Crippen molar-refractivity contribution in [3.8, 4) is 0 Å². The van der Waals surface area contributed by atoms with Crippen molar-refractivity contribution in [2.24, 2.45) is 0 Å². The van der Waals surface area contributed by atoms with Crippen LogP contribution in [0.4, 0.5) is 0 Å². The van der Waals surface area contributed by atoms with E-state index in [1.165, 1.54) is 6.21 Å². The summed E-state index contributed by atoms with van der Waals surface area (Å²) in [5, 5.41) is 10.5. The van der Waals surface area contributed by atoms with Crippen LogP contribution in [-0.2, 0) is 16.1 Å². The maximum absolute atomic E-state index is 12.2. The molecule has 2 aromatic carbocycles. The Morgan fingerprint density at radius 1 is 1.04 bits per heavy atom. The van der Waals surface area contributed by atoms with Crippen LogP contribution in [0.25, 0.3) is 0 Å². The van der Waals surface area contributed by atoms with E-state index in [2.05, 4.69) is 4.99 Å². The zero-order valence-electron chi connectivity index (χ0n) is 12.6. The Morgan fingerprint density at radius 3 is 2.39 bits per heavy atom. The number of aliphatic hydroxyl groups excluding tert-OH is 1. The second-order valence-electron chi connectivity index (χ2n) is 5.24. The van der Waals surface area contributed by atoms with Crippen LogP contribution in [0.2, 0.25) is 0 Å². The smallest absolute Gasteiger partial charge is 0.331 e. The number of hydrogen-bond acceptors (Lipinski definition) is 4. The van der Waals surface area contributed by atoms with Crippen molar-refractivity contribution in [3.05, 3.63) is 83.2 Å². The molecule has 4 heteroatoms. The van der Waals surface area contributed by atoms with E-state index in [1.54, 1.807) is 12.1 Å². The molecule has 23 heavy (non-hydrogen) atoms. The largest absolute Gasteiger partial charge is 0.480 e. The summed E-state index contributed by atoms with van der Waals surface area (Å²) in [6, 6.07) is 18.7. The van der Waals surface area contributed by atoms with E-state index in [0.717, 1.165) is 5.56 Å². The summed E-state index contributed by atoms with van der Waals surface area (Å²) >= 11 is 0. The first-order valence-electron chi connectivity index (χ1n) is 7.45. The van der Waals surface area contributed by atoms with Crippen LogP contribution in [0.3, 0.4) is 0 Å². The number of carbonyl (C=O) groups is 1.